The van der Waals surface area contributed by atoms with E-state index < -0.39 is 18.0 Å². The summed E-state index contributed by atoms with van der Waals surface area (Å²) in [4.78, 5) is 21.6. The number of ether oxygens (including phenoxy) is 1. The Kier molecular flexibility index (Phi) is 7.74. The van der Waals surface area contributed by atoms with Gasteiger partial charge in [-0.2, -0.15) is 22.5 Å². The molecule has 0 saturated carbocycles. The van der Waals surface area contributed by atoms with Gasteiger partial charge in [0.15, 0.2) is 5.69 Å². The number of carboxylic acid groups (broad SMARTS) is 1. The number of pyridine rings is 1. The van der Waals surface area contributed by atoms with Crippen LogP contribution in [0, 0.1) is 5.92 Å². The quantitative estimate of drug-likeness (QED) is 0.389. The molecule has 192 valence electrons. The lowest BCUT2D eigenvalue weighted by atomic mass is 9.99. The molecule has 36 heavy (non-hydrogen) atoms. The van der Waals surface area contributed by atoms with Crippen molar-refractivity contribution in [1.82, 2.24) is 14.3 Å². The van der Waals surface area contributed by atoms with E-state index in [0.29, 0.717) is 47.5 Å². The van der Waals surface area contributed by atoms with Crippen LogP contribution in [0.2, 0.25) is 0 Å². The van der Waals surface area contributed by atoms with Crippen LogP contribution in [0.3, 0.4) is 0 Å². The molecule has 1 aromatic carbocycles. The van der Waals surface area contributed by atoms with Gasteiger partial charge in [0.05, 0.1) is 11.4 Å². The monoisotopic (exact) mass is 521 g/mol. The molecule has 0 amide bonds. The van der Waals surface area contributed by atoms with Crippen molar-refractivity contribution >= 4 is 34.0 Å². The van der Waals surface area contributed by atoms with Crippen LogP contribution in [0.15, 0.2) is 36.5 Å². The van der Waals surface area contributed by atoms with Crippen molar-refractivity contribution in [2.75, 3.05) is 30.0 Å². The van der Waals surface area contributed by atoms with Gasteiger partial charge in [-0.15, -0.1) is 0 Å². The molecule has 12 heteroatoms. The van der Waals surface area contributed by atoms with E-state index in [1.807, 2.05) is 6.07 Å². The summed E-state index contributed by atoms with van der Waals surface area (Å²) in [6.45, 7) is 6.17. The summed E-state index contributed by atoms with van der Waals surface area (Å²) in [6, 6.07) is 8.85. The molecule has 8 nitrogen and oxygen atoms in total. The summed E-state index contributed by atoms with van der Waals surface area (Å²) in [5.74, 6) is -2.07. The van der Waals surface area contributed by atoms with E-state index in [4.69, 9.17) is 4.74 Å². The number of halogens is 3. The molecule has 1 saturated heterocycles. The number of hydrogen-bond acceptors (Lipinski definition) is 8. The molecular weight excluding hydrogens is 495 g/mol. The van der Waals surface area contributed by atoms with Crippen molar-refractivity contribution < 1.29 is 27.8 Å². The van der Waals surface area contributed by atoms with Gasteiger partial charge in [-0.3, -0.25) is 0 Å². The van der Waals surface area contributed by atoms with Crippen LogP contribution < -0.4 is 10.2 Å². The predicted octanol–water partition coefficient (Wildman–Crippen LogP) is 5.70. The van der Waals surface area contributed by atoms with E-state index in [9.17, 15) is 23.1 Å². The number of nitrogens with zero attached hydrogens (tertiary/aromatic N) is 4. The Morgan fingerprint density at radius 3 is 2.67 bits per heavy atom. The lowest BCUT2D eigenvalue weighted by Crippen LogP contribution is -2.42. The minimum atomic E-state index is -4.65. The lowest BCUT2D eigenvalue weighted by Gasteiger charge is -2.38. The van der Waals surface area contributed by atoms with Gasteiger partial charge in [-0.05, 0) is 42.5 Å². The van der Waals surface area contributed by atoms with Crippen molar-refractivity contribution in [2.24, 2.45) is 5.92 Å². The van der Waals surface area contributed by atoms with E-state index in [0.717, 1.165) is 25.1 Å². The second kappa shape index (κ2) is 10.8. The minimum Gasteiger partial charge on any atom is -0.476 e. The van der Waals surface area contributed by atoms with E-state index in [-0.39, 0.29) is 16.9 Å². The van der Waals surface area contributed by atoms with E-state index in [1.165, 1.54) is 6.20 Å². The molecule has 0 aliphatic carbocycles. The van der Waals surface area contributed by atoms with Gasteiger partial charge in [-0.25, -0.2) is 9.78 Å². The van der Waals surface area contributed by atoms with Gasteiger partial charge in [0.25, 0.3) is 0 Å². The van der Waals surface area contributed by atoms with Gasteiger partial charge in [0.2, 0.25) is 11.0 Å². The summed E-state index contributed by atoms with van der Waals surface area (Å²) < 4.78 is 48.3. The number of hydrogen-bond donors (Lipinski definition) is 2. The van der Waals surface area contributed by atoms with Gasteiger partial charge >= 0.3 is 12.1 Å². The number of anilines is 3. The summed E-state index contributed by atoms with van der Waals surface area (Å²) in [7, 11) is 0. The summed E-state index contributed by atoms with van der Waals surface area (Å²) in [5.41, 5.74) is 2.13. The summed E-state index contributed by atoms with van der Waals surface area (Å²) in [6.07, 6.45) is -1.62. The third-order valence-corrected chi connectivity index (χ3v) is 6.37. The maximum absolute atomic E-state index is 13.1. The van der Waals surface area contributed by atoms with Crippen molar-refractivity contribution in [3.8, 4) is 11.1 Å². The summed E-state index contributed by atoms with van der Waals surface area (Å²) >= 11 is 0.614. The predicted molar refractivity (Wildman–Crippen MR) is 131 cm³/mol. The SMILES string of the molecule is CC(C)CN(c1ccc(-c2cccnc2C(=O)O)cc1Nc1nc(C(F)(F)F)ns1)C1CCOCC1. The molecular formula is C24H26F3N5O3S. The zero-order valence-electron chi connectivity index (χ0n) is 19.7. The average molecular weight is 522 g/mol. The molecule has 1 aliphatic rings. The standard InChI is InChI=1S/C24H26F3N5O3S/c1-14(2)13-32(16-7-10-35-11-8-16)19-6-5-15(17-4-3-9-28-20(17)21(33)34)12-18(19)29-23-30-22(31-36-23)24(25,26)27/h3-6,9,12,14,16H,7-8,10-11,13H2,1-2H3,(H,33,34)(H,29,30,31). The molecule has 0 bridgehead atoms. The van der Waals surface area contributed by atoms with Gasteiger partial charge in [0, 0.05) is 49.1 Å². The average Bonchev–Trinajstić information content (AvgIpc) is 3.32. The number of carboxylic acids is 1. The normalized spacial score (nSPS) is 14.7. The minimum absolute atomic E-state index is 0.0122. The maximum atomic E-state index is 13.1. The second-order valence-electron chi connectivity index (χ2n) is 8.87. The third kappa shape index (κ3) is 5.93. The smallest absolute Gasteiger partial charge is 0.452 e. The van der Waals surface area contributed by atoms with Crippen LogP contribution in [0.5, 0.6) is 0 Å². The van der Waals surface area contributed by atoms with Crippen molar-refractivity contribution in [3.05, 3.63) is 48.0 Å². The first-order valence-electron chi connectivity index (χ1n) is 11.5. The first-order chi connectivity index (χ1) is 17.1. The van der Waals surface area contributed by atoms with Crippen molar-refractivity contribution in [3.63, 3.8) is 0 Å². The largest absolute Gasteiger partial charge is 0.476 e. The Morgan fingerprint density at radius 1 is 1.28 bits per heavy atom. The topological polar surface area (TPSA) is 100 Å². The third-order valence-electron chi connectivity index (χ3n) is 5.74. The molecule has 0 radical (unpaired) electrons. The maximum Gasteiger partial charge on any atom is 0.452 e. The van der Waals surface area contributed by atoms with Crippen LogP contribution in [0.25, 0.3) is 11.1 Å². The highest BCUT2D eigenvalue weighted by atomic mass is 32.1. The van der Waals surface area contributed by atoms with Gasteiger partial charge < -0.3 is 20.1 Å². The molecule has 0 unspecified atom stereocenters. The second-order valence-corrected chi connectivity index (χ2v) is 9.62. The summed E-state index contributed by atoms with van der Waals surface area (Å²) in [5, 5.41) is 12.6. The van der Waals surface area contributed by atoms with Crippen LogP contribution in [-0.2, 0) is 10.9 Å². The Morgan fingerprint density at radius 2 is 2.03 bits per heavy atom. The highest BCUT2D eigenvalue weighted by Crippen LogP contribution is 2.38. The Hall–Kier alpha value is -3.25. The molecule has 4 rings (SSSR count). The zero-order chi connectivity index (χ0) is 25.9. The van der Waals surface area contributed by atoms with Gasteiger partial charge in [-0.1, -0.05) is 26.0 Å². The van der Waals surface area contributed by atoms with Gasteiger partial charge in [0.1, 0.15) is 0 Å². The molecule has 2 N–H and O–H groups in total. The fraction of sp³-hybridized carbons (Fsp3) is 0.417. The number of benzene rings is 1. The fourth-order valence-corrected chi connectivity index (χ4v) is 4.80. The van der Waals surface area contributed by atoms with Crippen LogP contribution in [0.4, 0.5) is 29.7 Å². The molecule has 2 aromatic heterocycles. The lowest BCUT2D eigenvalue weighted by molar-refractivity contribution is -0.144. The van der Waals surface area contributed by atoms with Crippen LogP contribution in [0.1, 0.15) is 43.0 Å². The van der Waals surface area contributed by atoms with E-state index in [2.05, 4.69) is 38.4 Å². The first-order valence-corrected chi connectivity index (χ1v) is 12.3. The highest BCUT2D eigenvalue weighted by Gasteiger charge is 2.36. The zero-order valence-corrected chi connectivity index (χ0v) is 20.6. The van der Waals surface area contributed by atoms with E-state index in [1.54, 1.807) is 24.3 Å². The number of alkyl halides is 3. The molecule has 3 heterocycles. The Balaban J connectivity index is 1.81. The van der Waals surface area contributed by atoms with Crippen molar-refractivity contribution in [1.29, 1.82) is 0 Å². The molecule has 0 spiro atoms. The van der Waals surface area contributed by atoms with E-state index >= 15 is 0 Å². The molecule has 1 aliphatic heterocycles. The van der Waals surface area contributed by atoms with Crippen LogP contribution >= 0.6 is 11.5 Å². The number of aromatic carboxylic acids is 1. The Bertz CT molecular complexity index is 1210. The molecule has 1 fully saturated rings. The highest BCUT2D eigenvalue weighted by molar-refractivity contribution is 7.09. The molecule has 3 aromatic rings. The number of nitrogens with one attached hydrogen (secondary N) is 1. The first kappa shape index (κ1) is 25.8. The number of rotatable bonds is 8. The number of carbonyl (C=O) groups is 1. The number of aromatic nitrogens is 3. The van der Waals surface area contributed by atoms with Crippen molar-refractivity contribution in [2.45, 2.75) is 38.9 Å². The fourth-order valence-electron chi connectivity index (χ4n) is 4.20. The molecule has 0 atom stereocenters. The Labute approximate surface area is 210 Å². The van der Waals surface area contributed by atoms with Crippen LogP contribution in [-0.4, -0.2) is 51.2 Å².